The number of esters is 1. The van der Waals surface area contributed by atoms with Gasteiger partial charge in [-0.1, -0.05) is 67.2 Å². The van der Waals surface area contributed by atoms with Crippen molar-refractivity contribution in [2.45, 2.75) is 89.0 Å². The molecule has 0 fully saturated rings. The third-order valence-corrected chi connectivity index (χ3v) is 7.89. The minimum atomic E-state index is -0.445. The average Bonchev–Trinajstić information content (AvgIpc) is 3.25. The topological polar surface area (TPSA) is 63.8 Å². The van der Waals surface area contributed by atoms with E-state index in [0.717, 1.165) is 32.1 Å². The number of rotatable bonds is 6. The molecule has 2 aromatic heterocycles. The molecule has 0 aliphatic rings. The van der Waals surface area contributed by atoms with Gasteiger partial charge >= 0.3 is 5.97 Å². The molecule has 0 saturated heterocycles. The molecule has 0 atom stereocenters. The van der Waals surface area contributed by atoms with E-state index in [1.807, 2.05) is 42.6 Å². The maximum Gasteiger partial charge on any atom is 0.340 e. The van der Waals surface area contributed by atoms with E-state index in [-0.39, 0.29) is 29.2 Å². The number of ether oxygens (including phenoxy) is 1. The van der Waals surface area contributed by atoms with Crippen LogP contribution in [0.1, 0.15) is 95.3 Å². The lowest BCUT2D eigenvalue weighted by molar-refractivity contribution is 0.0525. The smallest absolute Gasteiger partial charge is 0.340 e. The van der Waals surface area contributed by atoms with Crippen LogP contribution in [0.4, 0.5) is 4.39 Å². The highest BCUT2D eigenvalue weighted by Gasteiger charge is 2.29. The van der Waals surface area contributed by atoms with Gasteiger partial charge in [-0.15, -0.1) is 0 Å². The molecule has 212 valence electrons. The lowest BCUT2D eigenvalue weighted by Crippen LogP contribution is -2.17. The molecule has 7 heteroatoms. The number of halogens is 1. The Labute approximate surface area is 240 Å². The number of hydrogen-bond donors (Lipinski definition) is 1. The Morgan fingerprint density at radius 1 is 1.00 bits per heavy atom. The second kappa shape index (κ2) is 10.9. The summed E-state index contributed by atoms with van der Waals surface area (Å²) in [7, 11) is 0. The van der Waals surface area contributed by atoms with Gasteiger partial charge in [0, 0.05) is 21.6 Å². The number of phenols is 1. The normalized spacial score (nSPS) is 12.4. The third-order valence-electron chi connectivity index (χ3n) is 6.90. The summed E-state index contributed by atoms with van der Waals surface area (Å²) < 4.78 is 21.2. The van der Waals surface area contributed by atoms with Crippen LogP contribution in [0.15, 0.2) is 58.5 Å². The number of phenolic OH excluding ortho intramolecular Hbond substituents is 1. The van der Waals surface area contributed by atoms with Crippen molar-refractivity contribution in [1.82, 2.24) is 9.61 Å². The zero-order valence-electron chi connectivity index (χ0n) is 24.8. The highest BCUT2D eigenvalue weighted by Crippen LogP contribution is 2.44. The van der Waals surface area contributed by atoms with E-state index in [2.05, 4.69) is 41.5 Å². The number of nitrogens with zero attached hydrogens (tertiary/aromatic N) is 2. The summed E-state index contributed by atoms with van der Waals surface area (Å²) in [5.74, 6) is -0.479. The van der Waals surface area contributed by atoms with Crippen molar-refractivity contribution in [3.05, 3.63) is 76.6 Å². The summed E-state index contributed by atoms with van der Waals surface area (Å²) >= 11 is 1.56. The Kier molecular flexibility index (Phi) is 8.10. The van der Waals surface area contributed by atoms with Crippen LogP contribution in [-0.4, -0.2) is 27.3 Å². The molecule has 4 aromatic rings. The van der Waals surface area contributed by atoms with Crippen LogP contribution in [-0.2, 0) is 15.6 Å². The van der Waals surface area contributed by atoms with Gasteiger partial charge in [-0.3, -0.25) is 0 Å². The molecular formula is C33H39FN2O3S. The molecule has 1 N–H and O–H groups in total. The van der Waals surface area contributed by atoms with Crippen molar-refractivity contribution in [2.75, 3.05) is 6.61 Å². The lowest BCUT2D eigenvalue weighted by atomic mass is 9.79. The largest absolute Gasteiger partial charge is 0.507 e. The number of aromatic nitrogens is 2. The SMILES string of the molecule is CCOC(=O)c1c(-c2ccc(F)cc2)nn2c(Sc3cc(C(C)(C)C)c(O)c(C(C)(C)C)c3)ccc2c1C(C)C. The quantitative estimate of drug-likeness (QED) is 0.238. The van der Waals surface area contributed by atoms with Crippen molar-refractivity contribution in [1.29, 1.82) is 0 Å². The zero-order valence-corrected chi connectivity index (χ0v) is 25.7. The van der Waals surface area contributed by atoms with Gasteiger partial charge in [-0.25, -0.2) is 13.7 Å². The highest BCUT2D eigenvalue weighted by atomic mass is 32.2. The number of carbonyl (C=O) groups is 1. The van der Waals surface area contributed by atoms with Crippen molar-refractivity contribution >= 4 is 23.2 Å². The molecule has 0 spiro atoms. The fraction of sp³-hybridized carbons (Fsp3) is 0.394. The first-order chi connectivity index (χ1) is 18.6. The van der Waals surface area contributed by atoms with Crippen molar-refractivity contribution in [2.24, 2.45) is 0 Å². The third kappa shape index (κ3) is 5.75. The Hall–Kier alpha value is -3.32. The van der Waals surface area contributed by atoms with Crippen LogP contribution in [0.25, 0.3) is 16.8 Å². The summed E-state index contributed by atoms with van der Waals surface area (Å²) in [4.78, 5) is 14.3. The maximum atomic E-state index is 13.8. The molecule has 0 amide bonds. The fourth-order valence-electron chi connectivity index (χ4n) is 4.94. The minimum Gasteiger partial charge on any atom is -0.507 e. The lowest BCUT2D eigenvalue weighted by Gasteiger charge is -2.28. The molecule has 0 bridgehead atoms. The number of hydrogen-bond acceptors (Lipinski definition) is 5. The molecule has 40 heavy (non-hydrogen) atoms. The predicted molar refractivity (Wildman–Crippen MR) is 160 cm³/mol. The molecule has 2 heterocycles. The number of fused-ring (bicyclic) bond motifs is 1. The van der Waals surface area contributed by atoms with Gasteiger partial charge in [-0.05, 0) is 77.8 Å². The van der Waals surface area contributed by atoms with Crippen molar-refractivity contribution in [3.8, 4) is 17.0 Å². The van der Waals surface area contributed by atoms with E-state index in [4.69, 9.17) is 9.84 Å². The Balaban J connectivity index is 1.98. The molecule has 4 rings (SSSR count). The summed E-state index contributed by atoms with van der Waals surface area (Å²) in [6.45, 7) is 18.7. The average molecular weight is 563 g/mol. The minimum absolute atomic E-state index is 0.00878. The van der Waals surface area contributed by atoms with Crippen LogP contribution < -0.4 is 0 Å². The summed E-state index contributed by atoms with van der Waals surface area (Å²) in [6.07, 6.45) is 0. The maximum absolute atomic E-state index is 13.8. The summed E-state index contributed by atoms with van der Waals surface area (Å²) in [5, 5.41) is 17.0. The van der Waals surface area contributed by atoms with E-state index < -0.39 is 5.97 Å². The van der Waals surface area contributed by atoms with Gasteiger partial charge in [0.05, 0.1) is 17.7 Å². The predicted octanol–water partition coefficient (Wildman–Crippen LogP) is 8.89. The van der Waals surface area contributed by atoms with Crippen LogP contribution in [0.5, 0.6) is 5.75 Å². The van der Waals surface area contributed by atoms with Gasteiger partial charge in [0.1, 0.15) is 22.3 Å². The Bertz CT molecular complexity index is 1520. The van der Waals surface area contributed by atoms with E-state index in [0.29, 0.717) is 22.6 Å². The fourth-order valence-corrected chi connectivity index (χ4v) is 5.89. The number of carbonyl (C=O) groups excluding carboxylic acids is 1. The second-order valence-corrected chi connectivity index (χ2v) is 13.6. The van der Waals surface area contributed by atoms with Crippen LogP contribution in [0, 0.1) is 5.82 Å². The van der Waals surface area contributed by atoms with Gasteiger partial charge in [0.2, 0.25) is 0 Å². The highest BCUT2D eigenvalue weighted by molar-refractivity contribution is 7.99. The summed E-state index contributed by atoms with van der Waals surface area (Å²) in [6, 6.07) is 14.1. The summed E-state index contributed by atoms with van der Waals surface area (Å²) in [5.41, 5.74) is 4.39. The number of aromatic hydroxyl groups is 1. The van der Waals surface area contributed by atoms with Crippen molar-refractivity contribution < 1.29 is 19.0 Å². The molecule has 0 saturated carbocycles. The van der Waals surface area contributed by atoms with Crippen LogP contribution in [0.2, 0.25) is 0 Å². The first-order valence-corrected chi connectivity index (χ1v) is 14.5. The molecule has 0 radical (unpaired) electrons. The van der Waals surface area contributed by atoms with Gasteiger partial charge < -0.3 is 9.84 Å². The monoisotopic (exact) mass is 562 g/mol. The molecule has 0 aliphatic heterocycles. The van der Waals surface area contributed by atoms with Crippen LogP contribution in [0.3, 0.4) is 0 Å². The van der Waals surface area contributed by atoms with Gasteiger partial charge in [0.15, 0.2) is 0 Å². The number of benzene rings is 2. The van der Waals surface area contributed by atoms with E-state index in [1.54, 1.807) is 30.8 Å². The molecule has 5 nitrogen and oxygen atoms in total. The first-order valence-electron chi connectivity index (χ1n) is 13.7. The molecule has 2 aromatic carbocycles. The Morgan fingerprint density at radius 2 is 1.57 bits per heavy atom. The van der Waals surface area contributed by atoms with E-state index >= 15 is 0 Å². The molecule has 0 unspecified atom stereocenters. The standard InChI is InChI=1S/C33H39FN2O3S/c1-10-39-31(38)28-27(19(2)3)25-15-16-26(36(25)35-29(28)20-11-13-21(34)14-12-20)40-22-17-23(32(4,5)6)30(37)24(18-22)33(7,8)9/h11-19,37H,10H2,1-9H3. The van der Waals surface area contributed by atoms with Gasteiger partial charge in [0.25, 0.3) is 0 Å². The van der Waals surface area contributed by atoms with Crippen LogP contribution >= 0.6 is 11.8 Å². The van der Waals surface area contributed by atoms with E-state index in [1.165, 1.54) is 12.1 Å². The first kappa shape index (κ1) is 29.7. The molecular weight excluding hydrogens is 523 g/mol. The Morgan fingerprint density at radius 3 is 2.08 bits per heavy atom. The second-order valence-electron chi connectivity index (χ2n) is 12.5. The van der Waals surface area contributed by atoms with E-state index in [9.17, 15) is 14.3 Å². The zero-order chi connectivity index (χ0) is 29.6. The molecule has 0 aliphatic carbocycles. The van der Waals surface area contributed by atoms with Gasteiger partial charge in [-0.2, -0.15) is 5.10 Å². The van der Waals surface area contributed by atoms with Crippen molar-refractivity contribution in [3.63, 3.8) is 0 Å².